The number of nitrogens with zero attached hydrogens (tertiary/aromatic N) is 5. The Morgan fingerprint density at radius 2 is 0.806 bits per heavy atom. The summed E-state index contributed by atoms with van der Waals surface area (Å²) in [4.78, 5) is 15.4. The summed E-state index contributed by atoms with van der Waals surface area (Å²) >= 11 is 0. The molecule has 326 valence electrons. The molecule has 0 bridgehead atoms. The van der Waals surface area contributed by atoms with Gasteiger partial charge in [-0.1, -0.05) is 163 Å². The maximum atomic E-state index is 5.88. The maximum absolute atomic E-state index is 5.88. The largest absolute Gasteiger partial charge is 0.311 e. The number of anilines is 12. The Morgan fingerprint density at radius 1 is 0.373 bits per heavy atom. The van der Waals surface area contributed by atoms with Crippen molar-refractivity contribution < 1.29 is 0 Å². The molecule has 0 N–H and O–H groups in total. The topological polar surface area (TPSA) is 25.9 Å². The van der Waals surface area contributed by atoms with E-state index >= 15 is 0 Å². The Kier molecular flexibility index (Phi) is 10.3. The first-order valence-electron chi connectivity index (χ1n) is 23.4. The lowest BCUT2D eigenvalue weighted by atomic mass is 9.33. The first-order valence-corrected chi connectivity index (χ1v) is 23.4. The minimum absolute atomic E-state index is 0.0199. The van der Waals surface area contributed by atoms with Gasteiger partial charge < -0.3 is 9.80 Å². The predicted molar refractivity (Wildman–Crippen MR) is 285 cm³/mol. The van der Waals surface area contributed by atoms with Crippen LogP contribution in [0.5, 0.6) is 0 Å². The van der Waals surface area contributed by atoms with E-state index in [1.54, 1.807) is 0 Å². The third-order valence-corrected chi connectivity index (χ3v) is 13.3. The predicted octanol–water partition coefficient (Wildman–Crippen LogP) is 14.7. The Labute approximate surface area is 396 Å². The van der Waals surface area contributed by atoms with Crippen LogP contribution in [0.1, 0.15) is 52.7 Å². The van der Waals surface area contributed by atoms with Gasteiger partial charge in [0.25, 0.3) is 6.71 Å². The lowest BCUT2D eigenvalue weighted by Crippen LogP contribution is -2.61. The Balaban J connectivity index is 1.20. The monoisotopic (exact) mass is 867 g/mol. The number of pyridine rings is 1. The van der Waals surface area contributed by atoms with E-state index in [0.717, 1.165) is 74.0 Å². The van der Waals surface area contributed by atoms with E-state index in [4.69, 9.17) is 4.98 Å². The summed E-state index contributed by atoms with van der Waals surface area (Å²) in [6, 6.07) is 79.4. The molecule has 2 aliphatic rings. The standard InChI is InChI=1S/C61H54BN5/c1-60(2,3)43-31-35-49(36-32-43)65(50-37-33-44(34-38-50)61(4,5)6)57-40-39-53-59(63-57)67(48-27-17-10-18-28-48)56-42-51(64(45-21-11-7-12-22-45)46-23-13-8-14-24-46)41-55-58(56)62(53)52-29-19-20-30-54(52)66(55)47-25-15-9-16-26-47/h7-42H,1-6H3. The highest BCUT2D eigenvalue weighted by Crippen LogP contribution is 2.48. The first kappa shape index (κ1) is 41.9. The molecule has 0 unspecified atom stereocenters. The van der Waals surface area contributed by atoms with Gasteiger partial charge in [0.1, 0.15) is 11.6 Å². The molecule has 8 aromatic carbocycles. The average Bonchev–Trinajstić information content (AvgIpc) is 3.35. The molecule has 0 saturated carbocycles. The van der Waals surface area contributed by atoms with E-state index in [0.29, 0.717) is 0 Å². The van der Waals surface area contributed by atoms with Gasteiger partial charge in [-0.25, -0.2) is 4.98 Å². The summed E-state index contributed by atoms with van der Waals surface area (Å²) < 4.78 is 0. The summed E-state index contributed by atoms with van der Waals surface area (Å²) in [7, 11) is 0. The molecule has 5 nitrogen and oxygen atoms in total. The number of fused-ring (bicyclic) bond motifs is 4. The number of aromatic nitrogens is 1. The number of benzene rings is 8. The van der Waals surface area contributed by atoms with Crippen LogP contribution in [0.15, 0.2) is 218 Å². The Hall–Kier alpha value is -7.83. The zero-order valence-corrected chi connectivity index (χ0v) is 39.1. The zero-order chi connectivity index (χ0) is 45.9. The average molecular weight is 868 g/mol. The molecule has 0 amide bonds. The lowest BCUT2D eigenvalue weighted by Gasteiger charge is -2.44. The highest BCUT2D eigenvalue weighted by Gasteiger charge is 2.45. The molecule has 6 heteroatoms. The van der Waals surface area contributed by atoms with E-state index < -0.39 is 0 Å². The molecule has 0 saturated heterocycles. The molecule has 3 heterocycles. The van der Waals surface area contributed by atoms with Crippen LogP contribution in [-0.4, -0.2) is 11.7 Å². The molecular formula is C61H54BN5. The van der Waals surface area contributed by atoms with Crippen LogP contribution in [0.4, 0.5) is 68.5 Å². The highest BCUT2D eigenvalue weighted by molar-refractivity contribution is 7.00. The van der Waals surface area contributed by atoms with E-state index in [-0.39, 0.29) is 17.5 Å². The summed E-state index contributed by atoms with van der Waals surface area (Å²) in [5.74, 6) is 1.75. The van der Waals surface area contributed by atoms with Gasteiger partial charge in [-0.05, 0) is 135 Å². The molecular weight excluding hydrogens is 814 g/mol. The van der Waals surface area contributed by atoms with Crippen LogP contribution in [0, 0.1) is 0 Å². The van der Waals surface area contributed by atoms with Crippen LogP contribution < -0.4 is 36.0 Å². The molecule has 0 aliphatic carbocycles. The number of hydrogen-bond acceptors (Lipinski definition) is 5. The van der Waals surface area contributed by atoms with Gasteiger partial charge in [0.15, 0.2) is 0 Å². The first-order chi connectivity index (χ1) is 32.5. The molecule has 0 atom stereocenters. The third kappa shape index (κ3) is 7.53. The lowest BCUT2D eigenvalue weighted by molar-refractivity contribution is 0.590. The Morgan fingerprint density at radius 3 is 1.31 bits per heavy atom. The third-order valence-electron chi connectivity index (χ3n) is 13.3. The fourth-order valence-corrected chi connectivity index (χ4v) is 9.97. The van der Waals surface area contributed by atoms with Crippen molar-refractivity contribution in [1.82, 2.24) is 4.98 Å². The molecule has 1 aromatic heterocycles. The van der Waals surface area contributed by atoms with Crippen molar-refractivity contribution in [2.45, 2.75) is 52.4 Å². The van der Waals surface area contributed by atoms with Crippen molar-refractivity contribution in [2.24, 2.45) is 0 Å². The summed E-state index contributed by atoms with van der Waals surface area (Å²) in [5.41, 5.74) is 17.1. The van der Waals surface area contributed by atoms with Crippen LogP contribution in [0.3, 0.4) is 0 Å². The molecule has 0 fully saturated rings. The molecule has 0 radical (unpaired) electrons. The van der Waals surface area contributed by atoms with E-state index in [1.165, 1.54) is 22.1 Å². The normalized spacial score (nSPS) is 12.8. The second-order valence-corrected chi connectivity index (χ2v) is 19.7. The Bertz CT molecular complexity index is 3100. The van der Waals surface area contributed by atoms with Crippen LogP contribution in [0.25, 0.3) is 0 Å². The second kappa shape index (κ2) is 16.6. The van der Waals surface area contributed by atoms with Crippen LogP contribution in [0.2, 0.25) is 0 Å². The molecule has 2 aliphatic heterocycles. The highest BCUT2D eigenvalue weighted by atomic mass is 15.3. The summed E-state index contributed by atoms with van der Waals surface area (Å²) in [5, 5.41) is 0. The van der Waals surface area contributed by atoms with E-state index in [1.807, 2.05) is 0 Å². The maximum Gasteiger partial charge on any atom is 0.254 e. The van der Waals surface area contributed by atoms with Gasteiger partial charge in [-0.3, -0.25) is 9.80 Å². The van der Waals surface area contributed by atoms with Crippen LogP contribution in [-0.2, 0) is 10.8 Å². The van der Waals surface area contributed by atoms with Gasteiger partial charge in [0.05, 0.1) is 5.69 Å². The molecule has 67 heavy (non-hydrogen) atoms. The van der Waals surface area contributed by atoms with Gasteiger partial charge in [0.2, 0.25) is 0 Å². The summed E-state index contributed by atoms with van der Waals surface area (Å²) in [6.45, 7) is 13.5. The van der Waals surface area contributed by atoms with Gasteiger partial charge in [-0.2, -0.15) is 0 Å². The fourth-order valence-electron chi connectivity index (χ4n) is 9.97. The van der Waals surface area contributed by atoms with Crippen LogP contribution >= 0.6 is 0 Å². The number of para-hydroxylation sites is 5. The SMILES string of the molecule is CC(C)(C)c1ccc(N(c2ccc(C(C)(C)C)cc2)c2ccc3c(n2)N(c2ccccc2)c2cc(N(c4ccccc4)c4ccccc4)cc4c2B3c2ccccc2N4c2ccccc2)cc1. The van der Waals surface area contributed by atoms with Gasteiger partial charge in [0, 0.05) is 51.2 Å². The van der Waals surface area contributed by atoms with Crippen molar-refractivity contribution in [3.8, 4) is 0 Å². The fraction of sp³-hybridized carbons (Fsp3) is 0.131. The van der Waals surface area contributed by atoms with Crippen molar-refractivity contribution in [3.63, 3.8) is 0 Å². The molecule has 11 rings (SSSR count). The minimum Gasteiger partial charge on any atom is -0.311 e. The van der Waals surface area contributed by atoms with E-state index in [2.05, 4.69) is 280 Å². The van der Waals surface area contributed by atoms with Crippen molar-refractivity contribution >= 4 is 91.6 Å². The molecule has 0 spiro atoms. The van der Waals surface area contributed by atoms with E-state index in [9.17, 15) is 0 Å². The van der Waals surface area contributed by atoms with Gasteiger partial charge in [-0.15, -0.1) is 0 Å². The number of rotatable bonds is 8. The molecule has 9 aromatic rings. The second-order valence-electron chi connectivity index (χ2n) is 19.7. The smallest absolute Gasteiger partial charge is 0.254 e. The van der Waals surface area contributed by atoms with Crippen molar-refractivity contribution in [3.05, 3.63) is 230 Å². The van der Waals surface area contributed by atoms with Crippen molar-refractivity contribution in [1.29, 1.82) is 0 Å². The number of hydrogen-bond donors (Lipinski definition) is 0. The van der Waals surface area contributed by atoms with Gasteiger partial charge >= 0.3 is 0 Å². The zero-order valence-electron chi connectivity index (χ0n) is 39.1. The summed E-state index contributed by atoms with van der Waals surface area (Å²) in [6.07, 6.45) is 0. The van der Waals surface area contributed by atoms with Crippen molar-refractivity contribution in [2.75, 3.05) is 19.6 Å². The quantitative estimate of drug-likeness (QED) is 0.142. The minimum atomic E-state index is -0.0980.